The predicted octanol–water partition coefficient (Wildman–Crippen LogP) is -9.97. The molecular weight excluding hydrogens is 1050 g/mol. The lowest BCUT2D eigenvalue weighted by Crippen LogP contribution is -2.70. The fourth-order valence-corrected chi connectivity index (χ4v) is 8.62. The Morgan fingerprint density at radius 1 is 0.464 bits per heavy atom. The highest BCUT2D eigenvalue weighted by Crippen LogP contribution is 2.36. The number of amides is 2. The van der Waals surface area contributed by atoms with E-state index in [0.717, 1.165) is 13.8 Å². The molecule has 20 atom stereocenters. The fourth-order valence-electron chi connectivity index (χ4n) is 7.04. The van der Waals surface area contributed by atoms with Crippen LogP contribution in [0.3, 0.4) is 0 Å². The maximum atomic E-state index is 12.7. The molecule has 4 saturated heterocycles. The van der Waals surface area contributed by atoms with Crippen LogP contribution in [-0.2, 0) is 111 Å². The van der Waals surface area contributed by atoms with Gasteiger partial charge in [0.25, 0.3) is 0 Å². The van der Waals surface area contributed by atoms with Crippen molar-refractivity contribution in [1.29, 1.82) is 0 Å². The minimum atomic E-state index is -5.90. The molecule has 0 aromatic carbocycles. The van der Waals surface area contributed by atoms with Crippen molar-refractivity contribution in [2.45, 2.75) is 137 Å². The monoisotopic (exact) mass is 1100 g/mol. The molecule has 0 saturated carbocycles. The van der Waals surface area contributed by atoms with Crippen LogP contribution in [0.5, 0.6) is 0 Å². The van der Waals surface area contributed by atoms with E-state index in [1.54, 1.807) is 0 Å². The summed E-state index contributed by atoms with van der Waals surface area (Å²) in [7, 11) is -22.3. The number of carboxylic acid groups (broad SMARTS) is 2. The van der Waals surface area contributed by atoms with Gasteiger partial charge in [0.2, 0.25) is 11.8 Å². The van der Waals surface area contributed by atoms with E-state index in [-0.39, 0.29) is 0 Å². The minimum absolute atomic E-state index is 0.752. The van der Waals surface area contributed by atoms with Gasteiger partial charge in [0, 0.05) is 13.8 Å². The summed E-state index contributed by atoms with van der Waals surface area (Å²) in [4.78, 5) is 49.3. The van der Waals surface area contributed by atoms with Crippen LogP contribution in [-0.4, -0.2) is 252 Å². The first-order valence-corrected chi connectivity index (χ1v) is 24.2. The van der Waals surface area contributed by atoms with Crippen molar-refractivity contribution >= 4 is 65.3 Å². The summed E-state index contributed by atoms with van der Waals surface area (Å²) in [6, 6.07) is -4.27. The van der Waals surface area contributed by atoms with E-state index in [0.29, 0.717) is 0 Å². The number of ether oxygens (including phenoxy) is 7. The molecule has 14 N–H and O–H groups in total. The second kappa shape index (κ2) is 22.7. The van der Waals surface area contributed by atoms with Gasteiger partial charge in [-0.05, 0) is 0 Å². The van der Waals surface area contributed by atoms with Crippen LogP contribution in [0.15, 0.2) is 0 Å². The summed E-state index contributed by atoms with van der Waals surface area (Å²) >= 11 is 0. The number of hydrogen-bond acceptors (Lipinski definition) is 29. The highest BCUT2D eigenvalue weighted by molar-refractivity contribution is 7.81. The molecule has 0 aromatic heterocycles. The molecule has 0 spiro atoms. The molecule has 2 amide bonds. The second-order valence-corrected chi connectivity index (χ2v) is 19.0. The SMILES string of the molecule is CC(=O)NC1C(O[C@@H]2C(C(=O)O)O[C@@H](O[C@@H]3C(COS(=O)(=O)O)O[C@@H](O[C@@H]4C(C(=O)O)O[C@@H](O)C(OS(=O)(=O)O)[C@H]4O)C(NC(C)=O)[C@H]3O)C(OS(=O)(=O)O)[C@H]2O)OC(COS(=O)(=O)O)[C@@H](O)[C@@H]1O. The van der Waals surface area contributed by atoms with Gasteiger partial charge in [-0.1, -0.05) is 0 Å². The van der Waals surface area contributed by atoms with Crippen LogP contribution in [0, 0.1) is 0 Å². The molecular formula is C28H44N2O35S4. The average Bonchev–Trinajstić information content (AvgIpc) is 3.18. The Bertz CT molecular complexity index is 2300. The number of carboxylic acids is 2. The summed E-state index contributed by atoms with van der Waals surface area (Å²) in [5.74, 6) is -6.46. The van der Waals surface area contributed by atoms with E-state index in [4.69, 9.17) is 42.3 Å². The molecule has 37 nitrogen and oxygen atoms in total. The maximum Gasteiger partial charge on any atom is 0.397 e. The van der Waals surface area contributed by atoms with Crippen LogP contribution in [0.1, 0.15) is 13.8 Å². The van der Waals surface area contributed by atoms with Gasteiger partial charge in [0.15, 0.2) is 49.6 Å². The third-order valence-corrected chi connectivity index (χ3v) is 11.6. The Kier molecular flexibility index (Phi) is 19.2. The van der Waals surface area contributed by atoms with E-state index < -0.39 is 201 Å². The first-order valence-electron chi connectivity index (χ1n) is 18.7. The van der Waals surface area contributed by atoms with Gasteiger partial charge in [-0.15, -0.1) is 0 Å². The molecule has 4 rings (SSSR count). The topological polar surface area (TPSA) is 573 Å². The number of nitrogens with one attached hydrogen (secondary N) is 2. The largest absolute Gasteiger partial charge is 0.479 e. The van der Waals surface area contributed by atoms with Crippen molar-refractivity contribution < 1.29 is 162 Å². The lowest BCUT2D eigenvalue weighted by molar-refractivity contribution is -0.367. The molecule has 4 fully saturated rings. The van der Waals surface area contributed by atoms with E-state index in [1.807, 2.05) is 10.6 Å². The zero-order valence-corrected chi connectivity index (χ0v) is 37.6. The lowest BCUT2D eigenvalue weighted by Gasteiger charge is -2.50. The Labute approximate surface area is 386 Å². The standard InChI is InChI=1S/C28H44N2O35S4/c1-5(31)29-9-12(34)11(33)7(3-55-66(43,44)45)57-26(9)62-18-15(37)20(65-69(52,53)54)28(63-22(18)24(40)41)60-16-8(4-56-67(46,47)48)58-27(10(13(16)35)30-6(2)32)61-17-14(36)19(64-68(49,50)51)25(42)59-21(17)23(38)39/h7-22,25-28,33-37,42H,3-4H2,1-2H3,(H,29,31)(H,30,32)(H,38,39)(H,40,41)(H,43,44,45)(H,46,47,48)(H,49,50,51)(H,52,53,54)/t7?,8?,9?,10?,11-,12-,13-,14+,15+,16-,17+,18+,19?,20?,21?,22?,25-,26?,27+,28-/m1/s1. The molecule has 4 aliphatic heterocycles. The average molecular weight is 1100 g/mol. The van der Waals surface area contributed by atoms with E-state index in [2.05, 4.69) is 16.7 Å². The molecule has 4 aliphatic rings. The quantitative estimate of drug-likeness (QED) is 0.0504. The van der Waals surface area contributed by atoms with E-state index in [1.165, 1.54) is 0 Å². The summed E-state index contributed by atoms with van der Waals surface area (Å²) in [6.45, 7) is -1.32. The molecule has 4 heterocycles. The number of carbonyl (C=O) groups excluding carboxylic acids is 2. The van der Waals surface area contributed by atoms with Crippen molar-refractivity contribution in [3.05, 3.63) is 0 Å². The number of rotatable bonds is 20. The third kappa shape index (κ3) is 15.9. The van der Waals surface area contributed by atoms with Gasteiger partial charge < -0.3 is 84.6 Å². The zero-order valence-electron chi connectivity index (χ0n) is 34.4. The Balaban J connectivity index is 1.77. The van der Waals surface area contributed by atoms with Gasteiger partial charge in [-0.25, -0.2) is 26.3 Å². The van der Waals surface area contributed by atoms with Gasteiger partial charge in [-0.2, -0.15) is 33.7 Å². The fraction of sp³-hybridized carbons (Fsp3) is 0.857. The molecule has 400 valence electrons. The molecule has 0 aromatic rings. The van der Waals surface area contributed by atoms with Gasteiger partial charge in [0.1, 0.15) is 73.1 Å². The van der Waals surface area contributed by atoms with Crippen molar-refractivity contribution in [3.63, 3.8) is 0 Å². The molecule has 9 unspecified atom stereocenters. The normalized spacial score (nSPS) is 39.2. The zero-order chi connectivity index (χ0) is 52.5. The second-order valence-electron chi connectivity index (χ2n) is 14.7. The highest BCUT2D eigenvalue weighted by atomic mass is 32.3. The summed E-state index contributed by atoms with van der Waals surface area (Å²) < 4.78 is 185. The number of aliphatic hydroxyl groups excluding tert-OH is 6. The first kappa shape index (κ1) is 58.4. The van der Waals surface area contributed by atoms with Crippen LogP contribution >= 0.6 is 0 Å². The highest BCUT2D eigenvalue weighted by Gasteiger charge is 2.59. The summed E-state index contributed by atoms with van der Waals surface area (Å²) in [6.07, 6.45) is -45.9. The van der Waals surface area contributed by atoms with Crippen molar-refractivity contribution in [2.75, 3.05) is 13.2 Å². The Morgan fingerprint density at radius 3 is 1.29 bits per heavy atom. The van der Waals surface area contributed by atoms with Crippen molar-refractivity contribution in [3.8, 4) is 0 Å². The maximum absolute atomic E-state index is 12.7. The lowest BCUT2D eigenvalue weighted by atomic mass is 9.94. The number of aliphatic carboxylic acids is 2. The Morgan fingerprint density at radius 2 is 0.855 bits per heavy atom. The molecule has 41 heteroatoms. The van der Waals surface area contributed by atoms with Crippen LogP contribution in [0.4, 0.5) is 0 Å². The van der Waals surface area contributed by atoms with Crippen molar-refractivity contribution in [1.82, 2.24) is 10.6 Å². The summed E-state index contributed by atoms with van der Waals surface area (Å²) in [5, 5.41) is 89.7. The van der Waals surface area contributed by atoms with E-state index in [9.17, 15) is 103 Å². The molecule has 0 radical (unpaired) electrons. The number of hydrogen-bond donors (Lipinski definition) is 14. The van der Waals surface area contributed by atoms with Gasteiger partial charge in [0.05, 0.1) is 13.2 Å². The minimum Gasteiger partial charge on any atom is -0.479 e. The van der Waals surface area contributed by atoms with Gasteiger partial charge in [-0.3, -0.25) is 27.8 Å². The number of carbonyl (C=O) groups is 4. The molecule has 0 bridgehead atoms. The van der Waals surface area contributed by atoms with Crippen LogP contribution < -0.4 is 10.6 Å². The number of aliphatic hydroxyl groups is 6. The van der Waals surface area contributed by atoms with Crippen LogP contribution in [0.25, 0.3) is 0 Å². The smallest absolute Gasteiger partial charge is 0.397 e. The third-order valence-electron chi connectivity index (χ3n) is 9.76. The predicted molar refractivity (Wildman–Crippen MR) is 200 cm³/mol. The van der Waals surface area contributed by atoms with E-state index >= 15 is 0 Å². The Hall–Kier alpha value is -3.16. The first-order chi connectivity index (χ1) is 31.5. The summed E-state index contributed by atoms with van der Waals surface area (Å²) in [5.41, 5.74) is 0. The van der Waals surface area contributed by atoms with Crippen molar-refractivity contribution in [2.24, 2.45) is 0 Å². The van der Waals surface area contributed by atoms with Crippen LogP contribution in [0.2, 0.25) is 0 Å². The van der Waals surface area contributed by atoms with Gasteiger partial charge >= 0.3 is 53.5 Å². The molecule has 0 aliphatic carbocycles. The molecule has 69 heavy (non-hydrogen) atoms.